The van der Waals surface area contributed by atoms with Crippen molar-refractivity contribution in [2.75, 3.05) is 7.05 Å². The van der Waals surface area contributed by atoms with E-state index >= 15 is 0 Å². The quantitative estimate of drug-likeness (QED) is 0.612. The molecule has 0 saturated carbocycles. The van der Waals surface area contributed by atoms with E-state index in [2.05, 4.69) is 4.90 Å². The molecule has 1 aromatic rings. The van der Waals surface area contributed by atoms with Gasteiger partial charge in [0.2, 0.25) is 0 Å². The van der Waals surface area contributed by atoms with Crippen molar-refractivity contribution >= 4 is 16.1 Å². The number of carbonyl (C=O) groups excluding carboxylic acids is 1. The number of ether oxygens (including phenoxy) is 1. The average Bonchev–Trinajstić information content (AvgIpc) is 2.67. The first-order chi connectivity index (χ1) is 10.9. The molecule has 2 bridgehead atoms. The molecule has 3 unspecified atom stereocenters. The Morgan fingerprint density at radius 1 is 1.17 bits per heavy atom. The van der Waals surface area contributed by atoms with Crippen LogP contribution in [0.1, 0.15) is 26.2 Å². The normalized spacial score (nSPS) is 31.0. The van der Waals surface area contributed by atoms with Crippen molar-refractivity contribution in [2.45, 2.75) is 55.4 Å². The van der Waals surface area contributed by atoms with E-state index in [1.807, 2.05) is 7.05 Å². The molecular weight excluding hydrogens is 318 g/mol. The number of piperidine rings is 1. The lowest BCUT2D eigenvalue weighted by Gasteiger charge is -2.36. The van der Waals surface area contributed by atoms with Gasteiger partial charge in [-0.25, -0.2) is 0 Å². The summed E-state index contributed by atoms with van der Waals surface area (Å²) in [5.41, 5.74) is 0. The Hall–Kier alpha value is -1.44. The third-order valence-corrected chi connectivity index (χ3v) is 6.06. The SMILES string of the molecule is CC(=O)O[C@H]1CC2CC(OS(=O)(=O)c3ccccc3)CC1N2C. The van der Waals surface area contributed by atoms with E-state index in [9.17, 15) is 13.2 Å². The van der Waals surface area contributed by atoms with Crippen LogP contribution >= 0.6 is 0 Å². The van der Waals surface area contributed by atoms with Gasteiger partial charge in [0.05, 0.1) is 11.0 Å². The molecule has 2 saturated heterocycles. The zero-order valence-corrected chi connectivity index (χ0v) is 14.0. The second kappa shape index (κ2) is 6.22. The van der Waals surface area contributed by atoms with Gasteiger partial charge in [-0.05, 0) is 32.0 Å². The number of likely N-dealkylation sites (N-methyl/N-ethyl adjacent to an activating group) is 1. The van der Waals surface area contributed by atoms with Gasteiger partial charge < -0.3 is 4.74 Å². The van der Waals surface area contributed by atoms with Crippen LogP contribution in [-0.4, -0.2) is 50.6 Å². The fourth-order valence-corrected chi connectivity index (χ4v) is 4.73. The van der Waals surface area contributed by atoms with Crippen molar-refractivity contribution in [1.29, 1.82) is 0 Å². The number of esters is 1. The maximum absolute atomic E-state index is 12.4. The van der Waals surface area contributed by atoms with Crippen LogP contribution in [0.3, 0.4) is 0 Å². The molecular formula is C16H21NO5S. The highest BCUT2D eigenvalue weighted by molar-refractivity contribution is 7.86. The van der Waals surface area contributed by atoms with Gasteiger partial charge >= 0.3 is 5.97 Å². The highest BCUT2D eigenvalue weighted by Crippen LogP contribution is 2.38. The van der Waals surface area contributed by atoms with E-state index in [0.29, 0.717) is 12.8 Å². The summed E-state index contributed by atoms with van der Waals surface area (Å²) >= 11 is 0. The van der Waals surface area contributed by atoms with Crippen molar-refractivity contribution in [3.63, 3.8) is 0 Å². The molecule has 2 fully saturated rings. The lowest BCUT2D eigenvalue weighted by molar-refractivity contribution is -0.147. The zero-order valence-electron chi connectivity index (χ0n) is 13.2. The predicted molar refractivity (Wildman–Crippen MR) is 83.2 cm³/mol. The van der Waals surface area contributed by atoms with Crippen molar-refractivity contribution in [3.05, 3.63) is 30.3 Å². The van der Waals surface area contributed by atoms with Crippen LogP contribution in [-0.2, 0) is 23.8 Å². The van der Waals surface area contributed by atoms with E-state index < -0.39 is 10.1 Å². The van der Waals surface area contributed by atoms with E-state index in [0.717, 1.165) is 6.42 Å². The Balaban J connectivity index is 1.71. The van der Waals surface area contributed by atoms with E-state index in [1.54, 1.807) is 18.2 Å². The van der Waals surface area contributed by atoms with Gasteiger partial charge in [0.1, 0.15) is 6.10 Å². The molecule has 2 aliphatic heterocycles. The fourth-order valence-electron chi connectivity index (χ4n) is 3.61. The maximum atomic E-state index is 12.4. The number of rotatable bonds is 4. The van der Waals surface area contributed by atoms with Crippen molar-refractivity contribution < 1.29 is 22.1 Å². The Morgan fingerprint density at radius 3 is 2.52 bits per heavy atom. The van der Waals surface area contributed by atoms with Crippen LogP contribution < -0.4 is 0 Å². The molecule has 0 aromatic heterocycles. The minimum atomic E-state index is -3.76. The molecule has 23 heavy (non-hydrogen) atoms. The molecule has 7 heteroatoms. The van der Waals surface area contributed by atoms with Crippen molar-refractivity contribution in [3.8, 4) is 0 Å². The highest BCUT2D eigenvalue weighted by Gasteiger charge is 2.47. The summed E-state index contributed by atoms with van der Waals surface area (Å²) < 4.78 is 35.5. The van der Waals surface area contributed by atoms with Crippen LogP contribution in [0, 0.1) is 0 Å². The van der Waals surface area contributed by atoms with Crippen LogP contribution in [0.5, 0.6) is 0 Å². The van der Waals surface area contributed by atoms with E-state index in [-0.39, 0.29) is 35.2 Å². The Morgan fingerprint density at radius 2 is 1.87 bits per heavy atom. The van der Waals surface area contributed by atoms with Crippen LogP contribution in [0.25, 0.3) is 0 Å². The molecule has 0 N–H and O–H groups in total. The number of hydrogen-bond donors (Lipinski definition) is 0. The molecule has 1 aromatic carbocycles. The number of hydrogen-bond acceptors (Lipinski definition) is 6. The molecule has 0 amide bonds. The standard InChI is InChI=1S/C16H21NO5S/c1-11(18)21-16-9-12-8-13(10-15(16)17(12)2)22-23(19,20)14-6-4-3-5-7-14/h3-7,12-13,15-16H,8-10H2,1-2H3/t12?,13?,15?,16-/m0/s1. The van der Waals surface area contributed by atoms with Gasteiger partial charge in [0.15, 0.2) is 0 Å². The monoisotopic (exact) mass is 339 g/mol. The summed E-state index contributed by atoms with van der Waals surface area (Å²) in [6.07, 6.45) is 1.32. The summed E-state index contributed by atoms with van der Waals surface area (Å²) in [5, 5.41) is 0. The lowest BCUT2D eigenvalue weighted by atomic mass is 10.0. The molecule has 4 atom stereocenters. The van der Waals surface area contributed by atoms with Crippen LogP contribution in [0.2, 0.25) is 0 Å². The largest absolute Gasteiger partial charge is 0.461 e. The Labute approximate surface area is 136 Å². The van der Waals surface area contributed by atoms with Gasteiger partial charge in [-0.2, -0.15) is 8.42 Å². The van der Waals surface area contributed by atoms with Crippen LogP contribution in [0.15, 0.2) is 35.2 Å². The second-order valence-corrected chi connectivity index (χ2v) is 7.80. The summed E-state index contributed by atoms with van der Waals surface area (Å²) in [6.45, 7) is 1.40. The minimum absolute atomic E-state index is 0.00798. The Bertz CT molecular complexity index is 675. The van der Waals surface area contributed by atoms with Gasteiger partial charge in [-0.3, -0.25) is 13.9 Å². The summed E-state index contributed by atoms with van der Waals surface area (Å²) in [6, 6.07) is 8.35. The molecule has 0 aliphatic carbocycles. The Kier molecular flexibility index (Phi) is 4.44. The fraction of sp³-hybridized carbons (Fsp3) is 0.562. The zero-order chi connectivity index (χ0) is 16.6. The molecule has 6 nitrogen and oxygen atoms in total. The number of benzene rings is 1. The van der Waals surface area contributed by atoms with E-state index in [1.165, 1.54) is 19.1 Å². The molecule has 3 rings (SSSR count). The predicted octanol–water partition coefficient (Wildman–Crippen LogP) is 1.56. The number of fused-ring (bicyclic) bond motifs is 2. The van der Waals surface area contributed by atoms with Crippen LogP contribution in [0.4, 0.5) is 0 Å². The van der Waals surface area contributed by atoms with Gasteiger partial charge in [0.25, 0.3) is 10.1 Å². The maximum Gasteiger partial charge on any atom is 0.302 e. The molecule has 2 aliphatic rings. The molecule has 2 heterocycles. The summed E-state index contributed by atoms with van der Waals surface area (Å²) in [7, 11) is -1.78. The number of carbonyl (C=O) groups is 1. The van der Waals surface area contributed by atoms with Gasteiger partial charge in [0, 0.05) is 25.4 Å². The third-order valence-electron chi connectivity index (χ3n) is 4.68. The molecule has 126 valence electrons. The first-order valence-electron chi connectivity index (χ1n) is 7.74. The van der Waals surface area contributed by atoms with E-state index in [4.69, 9.17) is 8.92 Å². The third kappa shape index (κ3) is 3.41. The first-order valence-corrected chi connectivity index (χ1v) is 9.15. The van der Waals surface area contributed by atoms with Gasteiger partial charge in [-0.15, -0.1) is 0 Å². The second-order valence-electron chi connectivity index (χ2n) is 6.23. The van der Waals surface area contributed by atoms with Gasteiger partial charge in [-0.1, -0.05) is 18.2 Å². The smallest absolute Gasteiger partial charge is 0.302 e. The lowest BCUT2D eigenvalue weighted by Crippen LogP contribution is -2.46. The summed E-state index contributed by atoms with van der Waals surface area (Å²) in [4.78, 5) is 13.6. The number of nitrogens with zero attached hydrogens (tertiary/aromatic N) is 1. The van der Waals surface area contributed by atoms with Crippen molar-refractivity contribution in [2.24, 2.45) is 0 Å². The van der Waals surface area contributed by atoms with Crippen molar-refractivity contribution in [1.82, 2.24) is 4.90 Å². The molecule has 0 spiro atoms. The minimum Gasteiger partial charge on any atom is -0.461 e. The average molecular weight is 339 g/mol. The highest BCUT2D eigenvalue weighted by atomic mass is 32.2. The topological polar surface area (TPSA) is 72.9 Å². The first kappa shape index (κ1) is 16.4. The molecule has 0 radical (unpaired) electrons. The summed E-state index contributed by atoms with van der Waals surface area (Å²) in [5.74, 6) is -0.301.